The summed E-state index contributed by atoms with van der Waals surface area (Å²) in [6.07, 6.45) is 14.5. The van der Waals surface area contributed by atoms with Crippen molar-refractivity contribution in [2.45, 2.75) is 110 Å². The maximum absolute atomic E-state index is 2.54. The normalized spacial score (nSPS) is 12.9. The minimum Gasteiger partial charge on any atom is -0.185 e. The molecule has 0 aliphatic heterocycles. The summed E-state index contributed by atoms with van der Waals surface area (Å²) in [6.45, 7) is 14.6. The third-order valence-corrected chi connectivity index (χ3v) is 14.2. The van der Waals surface area contributed by atoms with E-state index in [4.69, 9.17) is 0 Å². The van der Waals surface area contributed by atoms with E-state index in [1.165, 1.54) is 70.0 Å². The fourth-order valence-electron chi connectivity index (χ4n) is 2.13. The van der Waals surface area contributed by atoms with Crippen LogP contribution in [0.25, 0.3) is 0 Å². The van der Waals surface area contributed by atoms with Crippen molar-refractivity contribution in [2.24, 2.45) is 0 Å². The van der Waals surface area contributed by atoms with Gasteiger partial charge < -0.3 is 0 Å². The second-order valence-electron chi connectivity index (χ2n) is 7.79. The number of hydrogen-bond donors (Lipinski definition) is 0. The lowest BCUT2D eigenvalue weighted by Crippen LogP contribution is -2.33. The molecule has 0 aliphatic rings. The summed E-state index contributed by atoms with van der Waals surface area (Å²) >= 11 is 2.30. The molecule has 0 atom stereocenters. The molecular weight excluding hydrogens is 276 g/mol. The van der Waals surface area contributed by atoms with Gasteiger partial charge in [-0.15, -0.1) is 0 Å². The van der Waals surface area contributed by atoms with E-state index < -0.39 is 7.22 Å². The third-order valence-electron chi connectivity index (χ3n) is 4.77. The Balaban J connectivity index is 3.33. The Kier molecular flexibility index (Phi) is 11.5. The van der Waals surface area contributed by atoms with Crippen LogP contribution in [0, 0.1) is 0 Å². The Morgan fingerprint density at radius 1 is 0.700 bits per heavy atom. The Bertz CT molecular complexity index is 218. The van der Waals surface area contributed by atoms with Crippen LogP contribution in [0.1, 0.15) is 91.9 Å². The topological polar surface area (TPSA) is 0 Å². The van der Waals surface area contributed by atoms with Crippen LogP contribution in [0.5, 0.6) is 0 Å². The van der Waals surface area contributed by atoms with Gasteiger partial charge in [-0.2, -0.15) is 11.2 Å². The summed E-state index contributed by atoms with van der Waals surface area (Å²) in [7, 11) is -1.08. The summed E-state index contributed by atoms with van der Waals surface area (Å²) in [6, 6.07) is 0. The minimum absolute atomic E-state index is 0.538. The molecule has 0 radical (unpaired) electrons. The van der Waals surface area contributed by atoms with E-state index in [-0.39, 0.29) is 0 Å². The van der Waals surface area contributed by atoms with Crippen LogP contribution in [0.2, 0.25) is 18.1 Å². The molecule has 0 aliphatic carbocycles. The monoisotopic (exact) mass is 316 g/mol. The lowest BCUT2D eigenvalue weighted by atomic mass is 10.1. The first-order valence-electron chi connectivity index (χ1n) is 8.95. The van der Waals surface area contributed by atoms with Crippen molar-refractivity contribution in [1.29, 1.82) is 0 Å². The van der Waals surface area contributed by atoms with E-state index in [1.54, 1.807) is 0 Å². The van der Waals surface area contributed by atoms with E-state index >= 15 is 0 Å². The molecule has 0 aromatic heterocycles. The molecule has 0 aromatic rings. The van der Waals surface area contributed by atoms with Gasteiger partial charge in [0.05, 0.1) is 0 Å². The van der Waals surface area contributed by atoms with E-state index in [0.717, 1.165) is 0 Å². The second-order valence-corrected chi connectivity index (χ2v) is 16.9. The van der Waals surface area contributed by atoms with Crippen molar-refractivity contribution in [1.82, 2.24) is 0 Å². The van der Waals surface area contributed by atoms with Gasteiger partial charge in [-0.05, 0) is 17.2 Å². The first-order chi connectivity index (χ1) is 9.31. The first kappa shape index (κ1) is 20.6. The lowest BCUT2D eigenvalue weighted by Gasteiger charge is -2.36. The Morgan fingerprint density at radius 2 is 1.10 bits per heavy atom. The predicted molar refractivity (Wildman–Crippen MR) is 101 cm³/mol. The Morgan fingerprint density at radius 3 is 1.50 bits per heavy atom. The highest BCUT2D eigenvalue weighted by molar-refractivity contribution is 8.29. The molecule has 122 valence electrons. The molecule has 0 saturated carbocycles. The molecule has 0 amide bonds. The summed E-state index contributed by atoms with van der Waals surface area (Å²) in [5, 5.41) is 0.538. The van der Waals surface area contributed by atoms with Crippen LogP contribution in [0.15, 0.2) is 0 Å². The summed E-state index contributed by atoms with van der Waals surface area (Å²) in [5.74, 6) is 1.40. The zero-order valence-electron chi connectivity index (χ0n) is 15.2. The molecule has 0 N–H and O–H groups in total. The summed E-state index contributed by atoms with van der Waals surface area (Å²) in [4.78, 5) is 0. The zero-order chi connectivity index (χ0) is 15.5. The molecule has 0 fully saturated rings. The molecule has 0 rings (SSSR count). The zero-order valence-corrected chi connectivity index (χ0v) is 17.0. The van der Waals surface area contributed by atoms with Gasteiger partial charge in [0, 0.05) is 0 Å². The van der Waals surface area contributed by atoms with Crippen LogP contribution in [0.4, 0.5) is 0 Å². The highest BCUT2D eigenvalue weighted by Gasteiger charge is 2.35. The van der Waals surface area contributed by atoms with Gasteiger partial charge in [0.25, 0.3) is 0 Å². The van der Waals surface area contributed by atoms with Gasteiger partial charge in [-0.25, -0.2) is 0 Å². The van der Waals surface area contributed by atoms with Crippen LogP contribution in [0.3, 0.4) is 0 Å². The molecule has 0 unspecified atom stereocenters. The molecule has 20 heavy (non-hydrogen) atoms. The third kappa shape index (κ3) is 10.3. The fourth-order valence-corrected chi connectivity index (χ4v) is 6.69. The molecule has 0 heterocycles. The van der Waals surface area contributed by atoms with E-state index in [1.807, 2.05) is 0 Å². The summed E-state index contributed by atoms with van der Waals surface area (Å²) < 4.78 is 0. The van der Waals surface area contributed by atoms with Crippen LogP contribution in [-0.2, 0) is 0 Å². The SMILES string of the molecule is CCCCCCCCCCCCS[Si](C)(C)C(C)(C)C. The van der Waals surface area contributed by atoms with Gasteiger partial charge in [-0.1, -0.05) is 98.6 Å². The van der Waals surface area contributed by atoms with Crippen LogP contribution >= 0.6 is 11.2 Å². The quantitative estimate of drug-likeness (QED) is 0.263. The highest BCUT2D eigenvalue weighted by Crippen LogP contribution is 2.43. The van der Waals surface area contributed by atoms with Gasteiger partial charge >= 0.3 is 0 Å². The molecule has 0 nitrogen and oxygen atoms in total. The van der Waals surface area contributed by atoms with Gasteiger partial charge in [0.15, 0.2) is 0 Å². The number of unbranched alkanes of at least 4 members (excludes halogenated alkanes) is 9. The molecule has 0 bridgehead atoms. The van der Waals surface area contributed by atoms with Crippen molar-refractivity contribution >= 4 is 18.4 Å². The van der Waals surface area contributed by atoms with E-state index in [9.17, 15) is 0 Å². The van der Waals surface area contributed by atoms with Gasteiger partial charge in [-0.3, -0.25) is 0 Å². The first-order valence-corrected chi connectivity index (χ1v) is 13.7. The molecule has 0 aromatic carbocycles. The van der Waals surface area contributed by atoms with Crippen molar-refractivity contribution in [3.8, 4) is 0 Å². The smallest absolute Gasteiger partial charge is 0.116 e. The molecule has 2 heteroatoms. The fraction of sp³-hybridized carbons (Fsp3) is 1.00. The van der Waals surface area contributed by atoms with E-state index in [0.29, 0.717) is 5.04 Å². The standard InChI is InChI=1S/C18H40SSi/c1-7-8-9-10-11-12-13-14-15-16-17-19-20(5,6)18(2,3)4/h7-17H2,1-6H3. The maximum Gasteiger partial charge on any atom is 0.116 e. The van der Waals surface area contributed by atoms with E-state index in [2.05, 4.69) is 52.0 Å². The molecule has 0 saturated heterocycles. The Hall–Kier alpha value is 0.567. The second kappa shape index (κ2) is 11.2. The average Bonchev–Trinajstić information content (AvgIpc) is 2.34. The number of rotatable bonds is 12. The largest absolute Gasteiger partial charge is 0.185 e. The highest BCUT2D eigenvalue weighted by atomic mass is 32.4. The van der Waals surface area contributed by atoms with Crippen molar-refractivity contribution in [3.05, 3.63) is 0 Å². The molecular formula is C18H40SSi. The van der Waals surface area contributed by atoms with Crippen molar-refractivity contribution in [2.75, 3.05) is 5.75 Å². The van der Waals surface area contributed by atoms with Gasteiger partial charge in [0.2, 0.25) is 0 Å². The van der Waals surface area contributed by atoms with Crippen LogP contribution in [-0.4, -0.2) is 13.0 Å². The van der Waals surface area contributed by atoms with Crippen molar-refractivity contribution < 1.29 is 0 Å². The molecule has 0 spiro atoms. The number of hydrogen-bond acceptors (Lipinski definition) is 1. The average molecular weight is 317 g/mol. The predicted octanol–water partition coefficient (Wildman–Crippen LogP) is 7.65. The summed E-state index contributed by atoms with van der Waals surface area (Å²) in [5.41, 5.74) is 0. The van der Waals surface area contributed by atoms with Gasteiger partial charge in [0.1, 0.15) is 7.22 Å². The maximum atomic E-state index is 2.54. The van der Waals surface area contributed by atoms with Crippen LogP contribution < -0.4 is 0 Å². The Labute approximate surface area is 134 Å². The minimum atomic E-state index is -1.08. The lowest BCUT2D eigenvalue weighted by molar-refractivity contribution is 0.563. The van der Waals surface area contributed by atoms with Crippen molar-refractivity contribution in [3.63, 3.8) is 0 Å².